The second-order valence-corrected chi connectivity index (χ2v) is 5.14. The first-order valence-corrected chi connectivity index (χ1v) is 6.41. The van der Waals surface area contributed by atoms with Crippen molar-refractivity contribution in [2.24, 2.45) is 5.92 Å². The molecule has 0 heterocycles. The molecule has 0 bridgehead atoms. The molecule has 1 atom stereocenters. The number of rotatable bonds is 4. The second kappa shape index (κ2) is 4.34. The van der Waals surface area contributed by atoms with Crippen LogP contribution in [0.25, 0.3) is 0 Å². The average Bonchev–Trinajstić information content (AvgIpc) is 3.15. The van der Waals surface area contributed by atoms with Gasteiger partial charge in [0, 0.05) is 5.56 Å². The summed E-state index contributed by atoms with van der Waals surface area (Å²) in [6, 6.07) is 4.11. The van der Waals surface area contributed by atoms with E-state index in [0.29, 0.717) is 5.92 Å². The zero-order chi connectivity index (χ0) is 12.6. The summed E-state index contributed by atoms with van der Waals surface area (Å²) in [6.45, 7) is 6.18. The summed E-state index contributed by atoms with van der Waals surface area (Å²) in [4.78, 5) is 0. The predicted octanol–water partition coefficient (Wildman–Crippen LogP) is 3.32. The first-order chi connectivity index (χ1) is 8.04. The van der Waals surface area contributed by atoms with Crippen molar-refractivity contribution >= 4 is 0 Å². The summed E-state index contributed by atoms with van der Waals surface area (Å²) < 4.78 is 5.52. The fourth-order valence-electron chi connectivity index (χ4n) is 2.65. The van der Waals surface area contributed by atoms with Crippen molar-refractivity contribution < 1.29 is 9.84 Å². The summed E-state index contributed by atoms with van der Waals surface area (Å²) in [5, 5.41) is 10.9. The molecule has 17 heavy (non-hydrogen) atoms. The summed E-state index contributed by atoms with van der Waals surface area (Å²) in [6.07, 6.45) is 3.00. The molecule has 1 aliphatic carbocycles. The number of aryl methyl sites for hydroxylation is 1. The van der Waals surface area contributed by atoms with Gasteiger partial charge in [0.05, 0.1) is 12.7 Å². The Morgan fingerprint density at radius 1 is 1.35 bits per heavy atom. The van der Waals surface area contributed by atoms with E-state index < -0.39 is 5.60 Å². The fraction of sp³-hybridized carbons (Fsp3) is 0.600. The van der Waals surface area contributed by atoms with Gasteiger partial charge in [0.25, 0.3) is 0 Å². The quantitative estimate of drug-likeness (QED) is 0.866. The van der Waals surface area contributed by atoms with Crippen LogP contribution in [-0.4, -0.2) is 12.2 Å². The van der Waals surface area contributed by atoms with Gasteiger partial charge in [-0.2, -0.15) is 0 Å². The summed E-state index contributed by atoms with van der Waals surface area (Å²) >= 11 is 0. The number of hydrogen-bond donors (Lipinski definition) is 1. The van der Waals surface area contributed by atoms with Crippen LogP contribution in [0.15, 0.2) is 12.1 Å². The molecule has 0 saturated heterocycles. The molecule has 2 rings (SSSR count). The van der Waals surface area contributed by atoms with E-state index in [1.54, 1.807) is 7.11 Å². The Morgan fingerprint density at radius 3 is 2.47 bits per heavy atom. The molecular weight excluding hydrogens is 212 g/mol. The van der Waals surface area contributed by atoms with E-state index in [2.05, 4.69) is 19.9 Å². The molecule has 94 valence electrons. The van der Waals surface area contributed by atoms with Crippen LogP contribution in [0, 0.1) is 19.8 Å². The molecule has 1 unspecified atom stereocenters. The standard InChI is InChI=1S/C15H22O2/c1-5-15(16,12-7-8-12)13-9-6-10(2)11(3)14(13)17-4/h6,9,12,16H,5,7-8H2,1-4H3. The molecule has 0 amide bonds. The highest BCUT2D eigenvalue weighted by atomic mass is 16.5. The van der Waals surface area contributed by atoms with Crippen molar-refractivity contribution in [3.63, 3.8) is 0 Å². The molecule has 0 radical (unpaired) electrons. The maximum absolute atomic E-state index is 10.9. The number of methoxy groups -OCH3 is 1. The molecular formula is C15H22O2. The minimum absolute atomic E-state index is 0.406. The Bertz CT molecular complexity index is 421. The molecule has 2 heteroatoms. The molecule has 2 nitrogen and oxygen atoms in total. The van der Waals surface area contributed by atoms with Crippen LogP contribution in [0.2, 0.25) is 0 Å². The lowest BCUT2D eigenvalue weighted by atomic mass is 9.84. The molecule has 1 N–H and O–H groups in total. The van der Waals surface area contributed by atoms with Gasteiger partial charge in [-0.15, -0.1) is 0 Å². The number of aliphatic hydroxyl groups is 1. The number of hydrogen-bond acceptors (Lipinski definition) is 2. The van der Waals surface area contributed by atoms with Crippen LogP contribution in [0.5, 0.6) is 5.75 Å². The Hall–Kier alpha value is -1.02. The molecule has 1 fully saturated rings. The van der Waals surface area contributed by atoms with Crippen molar-refractivity contribution in [3.05, 3.63) is 28.8 Å². The third kappa shape index (κ3) is 1.95. The smallest absolute Gasteiger partial charge is 0.128 e. The van der Waals surface area contributed by atoms with Gasteiger partial charge >= 0.3 is 0 Å². The highest BCUT2D eigenvalue weighted by molar-refractivity contribution is 5.48. The van der Waals surface area contributed by atoms with Gasteiger partial charge in [0.15, 0.2) is 0 Å². The van der Waals surface area contributed by atoms with Gasteiger partial charge < -0.3 is 9.84 Å². The molecule has 1 saturated carbocycles. The molecule has 1 aromatic rings. The van der Waals surface area contributed by atoms with Crippen molar-refractivity contribution in [1.82, 2.24) is 0 Å². The summed E-state index contributed by atoms with van der Waals surface area (Å²) in [7, 11) is 1.69. The van der Waals surface area contributed by atoms with Crippen molar-refractivity contribution in [2.45, 2.75) is 45.6 Å². The number of benzene rings is 1. The Balaban J connectivity index is 2.54. The van der Waals surface area contributed by atoms with Crippen LogP contribution >= 0.6 is 0 Å². The lowest BCUT2D eigenvalue weighted by Crippen LogP contribution is -2.28. The van der Waals surface area contributed by atoms with Crippen LogP contribution in [0.1, 0.15) is 42.9 Å². The molecule has 0 aliphatic heterocycles. The second-order valence-electron chi connectivity index (χ2n) is 5.14. The Morgan fingerprint density at radius 2 is 2.00 bits per heavy atom. The molecule has 0 spiro atoms. The number of ether oxygens (including phenoxy) is 1. The van der Waals surface area contributed by atoms with E-state index in [9.17, 15) is 5.11 Å². The third-order valence-electron chi connectivity index (χ3n) is 4.14. The average molecular weight is 234 g/mol. The Kier molecular flexibility index (Phi) is 3.17. The normalized spacial score (nSPS) is 18.9. The van der Waals surface area contributed by atoms with Gasteiger partial charge in [-0.25, -0.2) is 0 Å². The third-order valence-corrected chi connectivity index (χ3v) is 4.14. The largest absolute Gasteiger partial charge is 0.496 e. The SMILES string of the molecule is CCC(O)(c1ccc(C)c(C)c1OC)C1CC1. The van der Waals surface area contributed by atoms with E-state index in [1.807, 2.05) is 13.0 Å². The minimum Gasteiger partial charge on any atom is -0.496 e. The van der Waals surface area contributed by atoms with E-state index in [0.717, 1.165) is 36.1 Å². The first kappa shape index (κ1) is 12.4. The highest BCUT2D eigenvalue weighted by Gasteiger charge is 2.45. The van der Waals surface area contributed by atoms with Gasteiger partial charge in [-0.1, -0.05) is 19.1 Å². The van der Waals surface area contributed by atoms with E-state index in [-0.39, 0.29) is 0 Å². The maximum atomic E-state index is 10.9. The predicted molar refractivity (Wildman–Crippen MR) is 69.4 cm³/mol. The summed E-state index contributed by atoms with van der Waals surface area (Å²) in [5.74, 6) is 1.27. The molecule has 0 aromatic heterocycles. The lowest BCUT2D eigenvalue weighted by Gasteiger charge is -2.30. The summed E-state index contributed by atoms with van der Waals surface area (Å²) in [5.41, 5.74) is 2.61. The van der Waals surface area contributed by atoms with Gasteiger partial charge in [-0.05, 0) is 50.2 Å². The maximum Gasteiger partial charge on any atom is 0.128 e. The minimum atomic E-state index is -0.705. The van der Waals surface area contributed by atoms with Crippen LogP contribution < -0.4 is 4.74 Å². The molecule has 1 aliphatic rings. The highest BCUT2D eigenvalue weighted by Crippen LogP contribution is 2.50. The topological polar surface area (TPSA) is 29.5 Å². The zero-order valence-corrected chi connectivity index (χ0v) is 11.2. The zero-order valence-electron chi connectivity index (χ0n) is 11.2. The van der Waals surface area contributed by atoms with E-state index in [4.69, 9.17) is 4.74 Å². The first-order valence-electron chi connectivity index (χ1n) is 6.41. The van der Waals surface area contributed by atoms with Crippen molar-refractivity contribution in [3.8, 4) is 5.75 Å². The van der Waals surface area contributed by atoms with Crippen molar-refractivity contribution in [2.75, 3.05) is 7.11 Å². The van der Waals surface area contributed by atoms with E-state index >= 15 is 0 Å². The van der Waals surface area contributed by atoms with Gasteiger partial charge in [0.2, 0.25) is 0 Å². The lowest BCUT2D eigenvalue weighted by molar-refractivity contribution is 0.00667. The van der Waals surface area contributed by atoms with Gasteiger partial charge in [-0.3, -0.25) is 0 Å². The van der Waals surface area contributed by atoms with Crippen molar-refractivity contribution in [1.29, 1.82) is 0 Å². The van der Waals surface area contributed by atoms with E-state index in [1.165, 1.54) is 5.56 Å². The van der Waals surface area contributed by atoms with Crippen LogP contribution in [-0.2, 0) is 5.60 Å². The van der Waals surface area contributed by atoms with Crippen LogP contribution in [0.4, 0.5) is 0 Å². The molecule has 1 aromatic carbocycles. The Labute approximate surface area is 104 Å². The van der Waals surface area contributed by atoms with Crippen LogP contribution in [0.3, 0.4) is 0 Å². The van der Waals surface area contributed by atoms with Gasteiger partial charge in [0.1, 0.15) is 5.75 Å². The fourth-order valence-corrected chi connectivity index (χ4v) is 2.65. The monoisotopic (exact) mass is 234 g/mol.